The number of likely N-dealkylation sites (tertiary alicyclic amines) is 1. The van der Waals surface area contributed by atoms with Crippen molar-refractivity contribution in [2.45, 2.75) is 26.7 Å². The van der Waals surface area contributed by atoms with Crippen molar-refractivity contribution in [1.29, 1.82) is 0 Å². The van der Waals surface area contributed by atoms with Gasteiger partial charge in [0.15, 0.2) is 0 Å². The van der Waals surface area contributed by atoms with E-state index in [2.05, 4.69) is 5.32 Å². The predicted octanol–water partition coefficient (Wildman–Crippen LogP) is 4.19. The fraction of sp³-hybridized carbons (Fsp3) is 0.304. The normalized spacial score (nSPS) is 15.1. The van der Waals surface area contributed by atoms with Crippen LogP contribution >= 0.6 is 0 Å². The Labute approximate surface area is 160 Å². The van der Waals surface area contributed by atoms with Crippen molar-refractivity contribution in [2.75, 3.05) is 18.4 Å². The second-order valence-electron chi connectivity index (χ2n) is 7.15. The molecule has 1 fully saturated rings. The molecule has 0 saturated carbocycles. The molecular formula is C23H26N2O2. The Bertz CT molecular complexity index is 835. The Morgan fingerprint density at radius 2 is 1.74 bits per heavy atom. The molecule has 3 rings (SSSR count). The van der Waals surface area contributed by atoms with Crippen LogP contribution < -0.4 is 5.32 Å². The summed E-state index contributed by atoms with van der Waals surface area (Å²) < 4.78 is 0. The molecule has 2 amide bonds. The van der Waals surface area contributed by atoms with E-state index < -0.39 is 0 Å². The van der Waals surface area contributed by atoms with Crippen LogP contribution in [-0.2, 0) is 9.59 Å². The minimum atomic E-state index is -0.0490. The summed E-state index contributed by atoms with van der Waals surface area (Å²) in [5.41, 5.74) is 4.08. The molecule has 0 aliphatic carbocycles. The first-order valence-electron chi connectivity index (χ1n) is 9.43. The van der Waals surface area contributed by atoms with E-state index in [0.29, 0.717) is 25.9 Å². The Morgan fingerprint density at radius 3 is 2.44 bits per heavy atom. The van der Waals surface area contributed by atoms with Crippen LogP contribution in [0.4, 0.5) is 5.69 Å². The number of anilines is 1. The summed E-state index contributed by atoms with van der Waals surface area (Å²) in [6, 6.07) is 15.8. The lowest BCUT2D eigenvalue weighted by atomic mass is 9.95. The van der Waals surface area contributed by atoms with Gasteiger partial charge in [0.1, 0.15) is 0 Å². The summed E-state index contributed by atoms with van der Waals surface area (Å²) >= 11 is 0. The maximum Gasteiger partial charge on any atom is 0.246 e. The number of carbonyl (C=O) groups is 2. The third kappa shape index (κ3) is 5.07. The Kier molecular flexibility index (Phi) is 6.07. The molecule has 0 unspecified atom stereocenters. The maximum absolute atomic E-state index is 12.6. The summed E-state index contributed by atoms with van der Waals surface area (Å²) in [5.74, 6) is 0.00920. The fourth-order valence-electron chi connectivity index (χ4n) is 3.30. The molecule has 4 nitrogen and oxygen atoms in total. The number of nitrogens with zero attached hydrogens (tertiary/aromatic N) is 1. The molecule has 2 aromatic carbocycles. The van der Waals surface area contributed by atoms with Crippen LogP contribution in [0.2, 0.25) is 0 Å². The third-order valence-electron chi connectivity index (χ3n) is 5.05. The molecule has 27 heavy (non-hydrogen) atoms. The standard InChI is InChI=1S/C23H26N2O2/c1-17-8-9-18(2)21(16-17)24-23(27)20-12-14-25(15-13-20)22(26)11-10-19-6-4-3-5-7-19/h3-11,16,20H,12-15H2,1-2H3,(H,24,27)/b11-10+. The van der Waals surface area contributed by atoms with Crippen molar-refractivity contribution >= 4 is 23.6 Å². The van der Waals surface area contributed by atoms with Crippen molar-refractivity contribution in [3.63, 3.8) is 0 Å². The zero-order valence-electron chi connectivity index (χ0n) is 15.9. The van der Waals surface area contributed by atoms with E-state index in [9.17, 15) is 9.59 Å². The number of nitrogens with one attached hydrogen (secondary N) is 1. The minimum Gasteiger partial charge on any atom is -0.339 e. The van der Waals surface area contributed by atoms with Gasteiger partial charge in [-0.3, -0.25) is 9.59 Å². The van der Waals surface area contributed by atoms with Gasteiger partial charge in [0.2, 0.25) is 11.8 Å². The lowest BCUT2D eigenvalue weighted by molar-refractivity contribution is -0.130. The van der Waals surface area contributed by atoms with Crippen LogP contribution in [0.5, 0.6) is 0 Å². The van der Waals surface area contributed by atoms with Gasteiger partial charge in [-0.25, -0.2) is 0 Å². The summed E-state index contributed by atoms with van der Waals surface area (Å²) in [7, 11) is 0. The monoisotopic (exact) mass is 362 g/mol. The van der Waals surface area contributed by atoms with E-state index in [1.54, 1.807) is 6.08 Å². The Balaban J connectivity index is 1.52. The highest BCUT2D eigenvalue weighted by atomic mass is 16.2. The van der Waals surface area contributed by atoms with Gasteiger partial charge in [0.25, 0.3) is 0 Å². The Morgan fingerprint density at radius 1 is 1.04 bits per heavy atom. The summed E-state index contributed by atoms with van der Waals surface area (Å²) in [6.07, 6.45) is 4.84. The molecular weight excluding hydrogens is 336 g/mol. The molecule has 140 valence electrons. The lowest BCUT2D eigenvalue weighted by Gasteiger charge is -2.30. The molecule has 0 radical (unpaired) electrons. The smallest absolute Gasteiger partial charge is 0.246 e. The van der Waals surface area contributed by atoms with Crippen molar-refractivity contribution in [3.05, 3.63) is 71.3 Å². The predicted molar refractivity (Wildman–Crippen MR) is 109 cm³/mol. The van der Waals surface area contributed by atoms with Crippen molar-refractivity contribution in [2.24, 2.45) is 5.92 Å². The fourth-order valence-corrected chi connectivity index (χ4v) is 3.30. The van der Waals surface area contributed by atoms with Crippen LogP contribution in [0.3, 0.4) is 0 Å². The van der Waals surface area contributed by atoms with Crippen molar-refractivity contribution in [3.8, 4) is 0 Å². The second kappa shape index (κ2) is 8.67. The van der Waals surface area contributed by atoms with E-state index in [1.165, 1.54) is 0 Å². The number of hydrogen-bond acceptors (Lipinski definition) is 2. The van der Waals surface area contributed by atoms with E-state index in [4.69, 9.17) is 0 Å². The molecule has 4 heteroatoms. The van der Waals surface area contributed by atoms with Crippen LogP contribution in [0, 0.1) is 19.8 Å². The SMILES string of the molecule is Cc1ccc(C)c(NC(=O)C2CCN(C(=O)/C=C/c3ccccc3)CC2)c1. The van der Waals surface area contributed by atoms with Gasteiger partial charge in [-0.05, 0) is 55.5 Å². The zero-order chi connectivity index (χ0) is 19.2. The number of hydrogen-bond donors (Lipinski definition) is 1. The number of benzene rings is 2. The minimum absolute atomic E-state index is 0.00670. The number of carbonyl (C=O) groups excluding carboxylic acids is 2. The van der Waals surface area contributed by atoms with Gasteiger partial charge in [0.05, 0.1) is 0 Å². The van der Waals surface area contributed by atoms with E-state index in [-0.39, 0.29) is 17.7 Å². The maximum atomic E-state index is 12.6. The van der Waals surface area contributed by atoms with Gasteiger partial charge in [-0.2, -0.15) is 0 Å². The first-order chi connectivity index (χ1) is 13.0. The van der Waals surface area contributed by atoms with E-state index >= 15 is 0 Å². The number of amides is 2. The van der Waals surface area contributed by atoms with Crippen LogP contribution in [0.1, 0.15) is 29.5 Å². The van der Waals surface area contributed by atoms with Gasteiger partial charge in [0, 0.05) is 30.8 Å². The molecule has 1 heterocycles. The molecule has 2 aromatic rings. The molecule has 1 N–H and O–H groups in total. The number of piperidine rings is 1. The average molecular weight is 362 g/mol. The largest absolute Gasteiger partial charge is 0.339 e. The molecule has 1 aliphatic rings. The molecule has 0 aromatic heterocycles. The molecule has 0 bridgehead atoms. The first-order valence-corrected chi connectivity index (χ1v) is 9.43. The van der Waals surface area contributed by atoms with E-state index in [1.807, 2.05) is 73.4 Å². The second-order valence-corrected chi connectivity index (χ2v) is 7.15. The molecule has 0 atom stereocenters. The average Bonchev–Trinajstić information content (AvgIpc) is 2.70. The van der Waals surface area contributed by atoms with E-state index in [0.717, 1.165) is 22.4 Å². The quantitative estimate of drug-likeness (QED) is 0.829. The van der Waals surface area contributed by atoms with Gasteiger partial charge in [-0.15, -0.1) is 0 Å². The first kappa shape index (κ1) is 18.9. The molecule has 1 saturated heterocycles. The number of aryl methyl sites for hydroxylation is 2. The van der Waals surface area contributed by atoms with Crippen LogP contribution in [0.15, 0.2) is 54.6 Å². The lowest BCUT2D eigenvalue weighted by Crippen LogP contribution is -2.40. The highest BCUT2D eigenvalue weighted by Crippen LogP contribution is 2.22. The molecule has 1 aliphatic heterocycles. The number of rotatable bonds is 4. The summed E-state index contributed by atoms with van der Waals surface area (Å²) in [5, 5.41) is 3.06. The van der Waals surface area contributed by atoms with Crippen LogP contribution in [-0.4, -0.2) is 29.8 Å². The highest BCUT2D eigenvalue weighted by Gasteiger charge is 2.26. The van der Waals surface area contributed by atoms with Crippen molar-refractivity contribution < 1.29 is 9.59 Å². The van der Waals surface area contributed by atoms with Gasteiger partial charge >= 0.3 is 0 Å². The summed E-state index contributed by atoms with van der Waals surface area (Å²) in [6.45, 7) is 5.24. The Hall–Kier alpha value is -2.88. The van der Waals surface area contributed by atoms with Crippen LogP contribution in [0.25, 0.3) is 6.08 Å². The highest BCUT2D eigenvalue weighted by molar-refractivity contribution is 5.94. The molecule has 0 spiro atoms. The topological polar surface area (TPSA) is 49.4 Å². The van der Waals surface area contributed by atoms with Gasteiger partial charge in [-0.1, -0.05) is 42.5 Å². The van der Waals surface area contributed by atoms with Gasteiger partial charge < -0.3 is 10.2 Å². The van der Waals surface area contributed by atoms with Crippen molar-refractivity contribution in [1.82, 2.24) is 4.90 Å². The zero-order valence-corrected chi connectivity index (χ0v) is 15.9. The summed E-state index contributed by atoms with van der Waals surface area (Å²) in [4.78, 5) is 26.8. The third-order valence-corrected chi connectivity index (χ3v) is 5.05.